The fraction of sp³-hybridized carbons (Fsp3) is 0.286. The third-order valence-electron chi connectivity index (χ3n) is 2.71. The van der Waals surface area contributed by atoms with Gasteiger partial charge in [0.25, 0.3) is 5.56 Å². The zero-order valence-electron chi connectivity index (χ0n) is 11.9. The Morgan fingerprint density at radius 2 is 2.00 bits per heavy atom. The summed E-state index contributed by atoms with van der Waals surface area (Å²) < 4.78 is 1.33. The van der Waals surface area contributed by atoms with E-state index in [1.165, 1.54) is 3.96 Å². The first-order valence-electron chi connectivity index (χ1n) is 6.30. The monoisotopic (exact) mass is 357 g/mol. The summed E-state index contributed by atoms with van der Waals surface area (Å²) in [6.07, 6.45) is 0. The first-order chi connectivity index (χ1) is 10.2. The number of aromatic nitrogens is 1. The molecule has 22 heavy (non-hydrogen) atoms. The normalized spacial score (nSPS) is 11.3. The summed E-state index contributed by atoms with van der Waals surface area (Å²) in [6.45, 7) is 3.26. The Kier molecular flexibility index (Phi) is 4.83. The maximum absolute atomic E-state index is 12.2. The molecule has 0 aliphatic heterocycles. The van der Waals surface area contributed by atoms with Gasteiger partial charge in [0.2, 0.25) is 0 Å². The number of halogens is 2. The fourth-order valence-corrected chi connectivity index (χ4v) is 3.43. The number of nitrogens with zero attached hydrogens (tertiary/aromatic N) is 2. The summed E-state index contributed by atoms with van der Waals surface area (Å²) in [4.78, 5) is 12.2. The standard InChI is InChI=1S/C14H13Cl2N3O2S/c1-14(2,21)7-19-13(20)8(6-17)12(22-19)18-11-9(15)4-3-5-10(11)16/h3-5,18,21H,7H2,1-2H3. The minimum Gasteiger partial charge on any atom is -0.389 e. The summed E-state index contributed by atoms with van der Waals surface area (Å²) >= 11 is 13.2. The molecular weight excluding hydrogens is 345 g/mol. The van der Waals surface area contributed by atoms with Crippen molar-refractivity contribution in [2.75, 3.05) is 5.32 Å². The predicted octanol–water partition coefficient (Wildman–Crippen LogP) is 3.60. The third-order valence-corrected chi connectivity index (χ3v) is 4.35. The molecule has 0 fully saturated rings. The predicted molar refractivity (Wildman–Crippen MR) is 89.3 cm³/mol. The molecule has 0 radical (unpaired) electrons. The SMILES string of the molecule is CC(C)(O)Cn1sc(Nc2c(Cl)cccc2Cl)c(C#N)c1=O. The van der Waals surface area contributed by atoms with E-state index in [9.17, 15) is 15.2 Å². The molecule has 1 aromatic heterocycles. The highest BCUT2D eigenvalue weighted by Crippen LogP contribution is 2.34. The molecule has 0 saturated heterocycles. The Balaban J connectivity index is 2.46. The highest BCUT2D eigenvalue weighted by Gasteiger charge is 2.21. The van der Waals surface area contributed by atoms with Crippen molar-refractivity contribution in [1.82, 2.24) is 3.96 Å². The van der Waals surface area contributed by atoms with Crippen LogP contribution in [0.5, 0.6) is 0 Å². The van der Waals surface area contributed by atoms with Gasteiger partial charge in [-0.3, -0.25) is 8.75 Å². The summed E-state index contributed by atoms with van der Waals surface area (Å²) in [5, 5.41) is 23.1. The fourth-order valence-electron chi connectivity index (χ4n) is 1.79. The molecule has 0 aliphatic rings. The van der Waals surface area contributed by atoms with Gasteiger partial charge in [0.05, 0.1) is 27.9 Å². The molecule has 8 heteroatoms. The maximum Gasteiger partial charge on any atom is 0.280 e. The maximum atomic E-state index is 12.2. The Morgan fingerprint density at radius 1 is 1.41 bits per heavy atom. The van der Waals surface area contributed by atoms with E-state index in [-0.39, 0.29) is 12.1 Å². The molecule has 2 aromatic rings. The second-order valence-electron chi connectivity index (χ2n) is 5.28. The van der Waals surface area contributed by atoms with Crippen LogP contribution in [-0.2, 0) is 6.54 Å². The van der Waals surface area contributed by atoms with Gasteiger partial charge >= 0.3 is 0 Å². The molecule has 5 nitrogen and oxygen atoms in total. The van der Waals surface area contributed by atoms with Crippen LogP contribution >= 0.6 is 34.7 Å². The van der Waals surface area contributed by atoms with E-state index in [0.717, 1.165) is 11.5 Å². The van der Waals surface area contributed by atoms with Crippen molar-refractivity contribution >= 4 is 45.4 Å². The quantitative estimate of drug-likeness (QED) is 0.875. The van der Waals surface area contributed by atoms with E-state index in [4.69, 9.17) is 23.2 Å². The summed E-state index contributed by atoms with van der Waals surface area (Å²) in [5.74, 6) is 0. The lowest BCUT2D eigenvalue weighted by molar-refractivity contribution is 0.0638. The molecule has 1 heterocycles. The molecule has 0 spiro atoms. The van der Waals surface area contributed by atoms with Gasteiger partial charge in [0.1, 0.15) is 11.1 Å². The number of nitrogens with one attached hydrogen (secondary N) is 1. The van der Waals surface area contributed by atoms with Crippen LogP contribution in [0.2, 0.25) is 10.0 Å². The van der Waals surface area contributed by atoms with Crippen LogP contribution in [0.3, 0.4) is 0 Å². The minimum atomic E-state index is -1.07. The Morgan fingerprint density at radius 3 is 2.50 bits per heavy atom. The van der Waals surface area contributed by atoms with Gasteiger partial charge in [0, 0.05) is 0 Å². The Labute approximate surface area is 141 Å². The molecule has 0 saturated carbocycles. The third kappa shape index (κ3) is 3.62. The van der Waals surface area contributed by atoms with Gasteiger partial charge in [0.15, 0.2) is 5.56 Å². The number of aliphatic hydroxyl groups is 1. The van der Waals surface area contributed by atoms with Crippen molar-refractivity contribution < 1.29 is 5.11 Å². The van der Waals surface area contributed by atoms with Gasteiger partial charge in [-0.2, -0.15) is 5.26 Å². The van der Waals surface area contributed by atoms with E-state index in [1.54, 1.807) is 32.0 Å². The second kappa shape index (κ2) is 6.31. The van der Waals surface area contributed by atoms with Crippen molar-refractivity contribution in [2.24, 2.45) is 0 Å². The van der Waals surface area contributed by atoms with Crippen LogP contribution in [0.1, 0.15) is 19.4 Å². The molecule has 0 aliphatic carbocycles. The van der Waals surface area contributed by atoms with Gasteiger partial charge in [-0.1, -0.05) is 29.3 Å². The molecule has 0 atom stereocenters. The molecule has 0 amide bonds. The number of nitriles is 1. The summed E-state index contributed by atoms with van der Waals surface area (Å²) in [7, 11) is 0. The van der Waals surface area contributed by atoms with Crippen molar-refractivity contribution in [3.05, 3.63) is 44.2 Å². The summed E-state index contributed by atoms with van der Waals surface area (Å²) in [6, 6.07) is 6.88. The van der Waals surface area contributed by atoms with Crippen molar-refractivity contribution in [3.8, 4) is 6.07 Å². The number of hydrogen-bond acceptors (Lipinski definition) is 5. The van der Waals surface area contributed by atoms with Crippen molar-refractivity contribution in [1.29, 1.82) is 5.26 Å². The lowest BCUT2D eigenvalue weighted by Gasteiger charge is -2.16. The van der Waals surface area contributed by atoms with Crippen LogP contribution in [0.15, 0.2) is 23.0 Å². The van der Waals surface area contributed by atoms with Crippen LogP contribution in [-0.4, -0.2) is 14.7 Å². The average molecular weight is 358 g/mol. The molecule has 116 valence electrons. The van der Waals surface area contributed by atoms with E-state index in [1.807, 2.05) is 6.07 Å². The Bertz CT molecular complexity index is 780. The van der Waals surface area contributed by atoms with Gasteiger partial charge in [-0.25, -0.2) is 0 Å². The number of hydrogen-bond donors (Lipinski definition) is 2. The molecule has 2 N–H and O–H groups in total. The van der Waals surface area contributed by atoms with E-state index in [0.29, 0.717) is 20.7 Å². The van der Waals surface area contributed by atoms with E-state index in [2.05, 4.69) is 5.32 Å². The Hall–Kier alpha value is -1.52. The largest absolute Gasteiger partial charge is 0.389 e. The zero-order valence-corrected chi connectivity index (χ0v) is 14.2. The molecule has 0 bridgehead atoms. The van der Waals surface area contributed by atoms with Crippen LogP contribution < -0.4 is 10.9 Å². The summed E-state index contributed by atoms with van der Waals surface area (Å²) in [5.41, 5.74) is -1.13. The van der Waals surface area contributed by atoms with E-state index < -0.39 is 11.2 Å². The highest BCUT2D eigenvalue weighted by atomic mass is 35.5. The molecule has 2 rings (SSSR count). The lowest BCUT2D eigenvalue weighted by Crippen LogP contribution is -2.30. The van der Waals surface area contributed by atoms with Gasteiger partial charge in [-0.05, 0) is 37.5 Å². The second-order valence-corrected chi connectivity index (χ2v) is 7.13. The lowest BCUT2D eigenvalue weighted by atomic mass is 10.1. The number of rotatable bonds is 4. The molecule has 1 aromatic carbocycles. The van der Waals surface area contributed by atoms with Crippen LogP contribution in [0.4, 0.5) is 10.7 Å². The molecular formula is C14H13Cl2N3O2S. The minimum absolute atomic E-state index is 0.0368. The first kappa shape index (κ1) is 16.8. The first-order valence-corrected chi connectivity index (χ1v) is 7.83. The highest BCUT2D eigenvalue weighted by molar-refractivity contribution is 7.11. The van der Waals surface area contributed by atoms with Crippen LogP contribution in [0, 0.1) is 11.3 Å². The zero-order chi connectivity index (χ0) is 16.5. The number of benzene rings is 1. The smallest absolute Gasteiger partial charge is 0.280 e. The molecule has 0 unspecified atom stereocenters. The van der Waals surface area contributed by atoms with Crippen molar-refractivity contribution in [3.63, 3.8) is 0 Å². The average Bonchev–Trinajstić information content (AvgIpc) is 2.68. The number of para-hydroxylation sites is 1. The number of anilines is 2. The van der Waals surface area contributed by atoms with E-state index >= 15 is 0 Å². The van der Waals surface area contributed by atoms with Crippen molar-refractivity contribution in [2.45, 2.75) is 26.0 Å². The topological polar surface area (TPSA) is 78.0 Å². The van der Waals surface area contributed by atoms with Crippen LogP contribution in [0.25, 0.3) is 0 Å². The van der Waals surface area contributed by atoms with Gasteiger partial charge in [-0.15, -0.1) is 0 Å². The van der Waals surface area contributed by atoms with Gasteiger partial charge < -0.3 is 10.4 Å².